The second-order valence-corrected chi connectivity index (χ2v) is 8.35. The van der Waals surface area contributed by atoms with Gasteiger partial charge in [-0.25, -0.2) is 4.98 Å². The molecule has 0 unspecified atom stereocenters. The van der Waals surface area contributed by atoms with Gasteiger partial charge in [0, 0.05) is 35.6 Å². The second kappa shape index (κ2) is 9.30. The minimum absolute atomic E-state index is 0.000875. The van der Waals surface area contributed by atoms with E-state index in [0.717, 1.165) is 48.7 Å². The number of benzene rings is 1. The molecule has 0 bridgehead atoms. The Labute approximate surface area is 170 Å². The molecule has 28 heavy (non-hydrogen) atoms. The minimum Gasteiger partial charge on any atom is -0.352 e. The summed E-state index contributed by atoms with van der Waals surface area (Å²) in [7, 11) is 0. The monoisotopic (exact) mass is 400 g/mol. The van der Waals surface area contributed by atoms with Crippen molar-refractivity contribution in [3.05, 3.63) is 45.4 Å². The summed E-state index contributed by atoms with van der Waals surface area (Å²) < 4.78 is 0. The van der Waals surface area contributed by atoms with Crippen LogP contribution in [-0.2, 0) is 11.3 Å². The number of anilines is 1. The van der Waals surface area contributed by atoms with Crippen LogP contribution >= 0.6 is 11.3 Å². The number of hydrogen-bond donors (Lipinski definition) is 2. The summed E-state index contributed by atoms with van der Waals surface area (Å²) in [6.45, 7) is 9.07. The molecule has 2 N–H and O–H groups in total. The number of rotatable bonds is 6. The van der Waals surface area contributed by atoms with Gasteiger partial charge in [-0.1, -0.05) is 6.07 Å². The van der Waals surface area contributed by atoms with Crippen molar-refractivity contribution in [3.8, 4) is 0 Å². The fourth-order valence-electron chi connectivity index (χ4n) is 3.46. The molecule has 6 nitrogen and oxygen atoms in total. The van der Waals surface area contributed by atoms with Gasteiger partial charge in [-0.3, -0.25) is 14.5 Å². The van der Waals surface area contributed by atoms with Crippen molar-refractivity contribution in [2.24, 2.45) is 5.92 Å². The number of amides is 2. The number of nitrogens with zero attached hydrogens (tertiary/aromatic N) is 2. The lowest BCUT2D eigenvalue weighted by atomic mass is 9.95. The second-order valence-electron chi connectivity index (χ2n) is 7.29. The number of aromatic nitrogens is 1. The van der Waals surface area contributed by atoms with Crippen LogP contribution in [0.1, 0.15) is 46.4 Å². The topological polar surface area (TPSA) is 74.3 Å². The molecule has 3 rings (SSSR count). The number of carbonyl (C=O) groups is 2. The Morgan fingerprint density at radius 2 is 2.00 bits per heavy atom. The number of carbonyl (C=O) groups excluding carboxylic acids is 2. The van der Waals surface area contributed by atoms with Crippen LogP contribution in [0.2, 0.25) is 0 Å². The number of hydrogen-bond acceptors (Lipinski definition) is 5. The lowest BCUT2D eigenvalue weighted by Crippen LogP contribution is -2.38. The van der Waals surface area contributed by atoms with Crippen LogP contribution in [0.5, 0.6) is 0 Å². The van der Waals surface area contributed by atoms with Crippen molar-refractivity contribution >= 4 is 28.8 Å². The largest absolute Gasteiger partial charge is 0.352 e. The van der Waals surface area contributed by atoms with E-state index in [0.29, 0.717) is 17.8 Å². The van der Waals surface area contributed by atoms with E-state index in [9.17, 15) is 9.59 Å². The molecule has 0 atom stereocenters. The Morgan fingerprint density at radius 1 is 1.25 bits per heavy atom. The predicted molar refractivity (Wildman–Crippen MR) is 113 cm³/mol. The van der Waals surface area contributed by atoms with E-state index in [4.69, 9.17) is 0 Å². The smallest absolute Gasteiger partial charge is 0.251 e. The highest BCUT2D eigenvalue weighted by Crippen LogP contribution is 2.23. The molecule has 150 valence electrons. The lowest BCUT2D eigenvalue weighted by Gasteiger charge is -2.30. The highest BCUT2D eigenvalue weighted by atomic mass is 32.1. The number of piperidine rings is 1. The molecule has 1 aromatic heterocycles. The van der Waals surface area contributed by atoms with E-state index in [1.54, 1.807) is 23.5 Å². The zero-order valence-electron chi connectivity index (χ0n) is 16.7. The van der Waals surface area contributed by atoms with Crippen molar-refractivity contribution in [3.63, 3.8) is 0 Å². The zero-order valence-corrected chi connectivity index (χ0v) is 17.6. The van der Waals surface area contributed by atoms with Gasteiger partial charge in [0.1, 0.15) is 0 Å². The van der Waals surface area contributed by atoms with Crippen molar-refractivity contribution < 1.29 is 9.59 Å². The summed E-state index contributed by atoms with van der Waals surface area (Å²) in [4.78, 5) is 31.7. The summed E-state index contributed by atoms with van der Waals surface area (Å²) in [5.74, 6) is -0.0789. The average molecular weight is 401 g/mol. The predicted octanol–water partition coefficient (Wildman–Crippen LogP) is 3.36. The molecule has 0 saturated carbocycles. The van der Waals surface area contributed by atoms with E-state index in [-0.39, 0.29) is 17.7 Å². The Bertz CT molecular complexity index is 841. The minimum atomic E-state index is -0.122. The average Bonchev–Trinajstić information content (AvgIpc) is 3.09. The Balaban J connectivity index is 1.55. The number of nitrogens with one attached hydrogen (secondary N) is 2. The quantitative estimate of drug-likeness (QED) is 0.780. The first-order chi connectivity index (χ1) is 13.5. The van der Waals surface area contributed by atoms with Gasteiger partial charge >= 0.3 is 0 Å². The summed E-state index contributed by atoms with van der Waals surface area (Å²) in [5, 5.41) is 9.03. The fourth-order valence-corrected chi connectivity index (χ4v) is 4.06. The molecular formula is C21H28N4O2S. The van der Waals surface area contributed by atoms with Crippen LogP contribution in [0, 0.1) is 19.8 Å². The molecule has 2 aromatic rings. The molecule has 0 aliphatic carbocycles. The first kappa shape index (κ1) is 20.5. The summed E-state index contributed by atoms with van der Waals surface area (Å²) in [6.07, 6.45) is 1.67. The number of thiazole rings is 1. The Kier molecular flexibility index (Phi) is 6.80. The van der Waals surface area contributed by atoms with Crippen LogP contribution in [0.25, 0.3) is 0 Å². The molecule has 1 aliphatic rings. The first-order valence-electron chi connectivity index (χ1n) is 9.79. The molecule has 1 aromatic carbocycles. The Hall–Kier alpha value is -2.25. The van der Waals surface area contributed by atoms with Gasteiger partial charge in [-0.15, -0.1) is 11.3 Å². The molecule has 7 heteroatoms. The maximum Gasteiger partial charge on any atom is 0.251 e. The molecule has 0 radical (unpaired) electrons. The van der Waals surface area contributed by atoms with Crippen molar-refractivity contribution in [1.29, 1.82) is 0 Å². The van der Waals surface area contributed by atoms with Crippen LogP contribution in [0.15, 0.2) is 23.6 Å². The van der Waals surface area contributed by atoms with Crippen LogP contribution in [0.3, 0.4) is 0 Å². The third-order valence-electron chi connectivity index (χ3n) is 5.11. The normalized spacial score (nSPS) is 15.4. The van der Waals surface area contributed by atoms with Crippen LogP contribution in [-0.4, -0.2) is 41.3 Å². The maximum atomic E-state index is 12.8. The molecule has 0 spiro atoms. The van der Waals surface area contributed by atoms with E-state index >= 15 is 0 Å². The molecule has 1 fully saturated rings. The summed E-state index contributed by atoms with van der Waals surface area (Å²) in [6, 6.07) is 5.42. The highest BCUT2D eigenvalue weighted by Gasteiger charge is 2.25. The van der Waals surface area contributed by atoms with Gasteiger partial charge in [-0.05, 0) is 64.4 Å². The van der Waals surface area contributed by atoms with Gasteiger partial charge in [0.15, 0.2) is 0 Å². The molecular weight excluding hydrogens is 372 g/mol. The van der Waals surface area contributed by atoms with Crippen molar-refractivity contribution in [2.45, 2.75) is 40.2 Å². The zero-order chi connectivity index (χ0) is 20.1. The van der Waals surface area contributed by atoms with Crippen LogP contribution < -0.4 is 10.6 Å². The SMILES string of the molecule is CCNC(=O)c1ccc(C)c(NC(=O)C2CCN(Cc3csc(C)n3)CC2)c1. The summed E-state index contributed by atoms with van der Waals surface area (Å²) in [5.41, 5.74) is 3.35. The van der Waals surface area contributed by atoms with Gasteiger partial charge in [0.05, 0.1) is 10.7 Å². The standard InChI is InChI=1S/C21H28N4O2S/c1-4-22-20(26)17-6-5-14(2)19(11-17)24-21(27)16-7-9-25(10-8-16)12-18-13-28-15(3)23-18/h5-6,11,13,16H,4,7-10,12H2,1-3H3,(H,22,26)(H,24,27). The van der Waals surface area contributed by atoms with E-state index in [1.807, 2.05) is 26.8 Å². The molecule has 2 heterocycles. The van der Waals surface area contributed by atoms with Crippen LogP contribution in [0.4, 0.5) is 5.69 Å². The fraction of sp³-hybridized carbons (Fsp3) is 0.476. The maximum absolute atomic E-state index is 12.8. The first-order valence-corrected chi connectivity index (χ1v) is 10.7. The van der Waals surface area contributed by atoms with E-state index < -0.39 is 0 Å². The van der Waals surface area contributed by atoms with Gasteiger partial charge in [0.2, 0.25) is 5.91 Å². The van der Waals surface area contributed by atoms with Gasteiger partial charge in [-0.2, -0.15) is 0 Å². The third kappa shape index (κ3) is 5.17. The van der Waals surface area contributed by atoms with Gasteiger partial charge < -0.3 is 10.6 Å². The number of aryl methyl sites for hydroxylation is 2. The van der Waals surface area contributed by atoms with E-state index in [1.165, 1.54) is 0 Å². The van der Waals surface area contributed by atoms with Crippen molar-refractivity contribution in [1.82, 2.24) is 15.2 Å². The lowest BCUT2D eigenvalue weighted by molar-refractivity contribution is -0.121. The molecule has 2 amide bonds. The molecule has 1 aliphatic heterocycles. The number of likely N-dealkylation sites (tertiary alicyclic amines) is 1. The molecule has 1 saturated heterocycles. The van der Waals surface area contributed by atoms with Gasteiger partial charge in [0.25, 0.3) is 5.91 Å². The third-order valence-corrected chi connectivity index (χ3v) is 5.93. The summed E-state index contributed by atoms with van der Waals surface area (Å²) >= 11 is 1.68. The van der Waals surface area contributed by atoms with E-state index in [2.05, 4.69) is 25.9 Å². The van der Waals surface area contributed by atoms with Crippen molar-refractivity contribution in [2.75, 3.05) is 25.0 Å². The Morgan fingerprint density at radius 3 is 2.64 bits per heavy atom. The highest BCUT2D eigenvalue weighted by molar-refractivity contribution is 7.09.